The summed E-state index contributed by atoms with van der Waals surface area (Å²) in [4.78, 5) is 22.1. The van der Waals surface area contributed by atoms with E-state index in [0.717, 1.165) is 0 Å². The molecule has 0 saturated heterocycles. The molecule has 1 aromatic rings. The molecule has 1 atom stereocenters. The number of hydrogen-bond donors (Lipinski definition) is 3. The SMILES string of the molecule is CC(N)C(=O)Nc1ccc(Br)c(C(=O)O)c1. The first-order valence-electron chi connectivity index (χ1n) is 4.51. The van der Waals surface area contributed by atoms with Gasteiger partial charge >= 0.3 is 5.97 Å². The summed E-state index contributed by atoms with van der Waals surface area (Å²) in [5, 5.41) is 11.4. The lowest BCUT2D eigenvalue weighted by Gasteiger charge is -2.09. The number of aromatic carboxylic acids is 1. The Labute approximate surface area is 101 Å². The average Bonchev–Trinajstić information content (AvgIpc) is 2.20. The molecule has 1 amide bonds. The minimum Gasteiger partial charge on any atom is -0.478 e. The summed E-state index contributed by atoms with van der Waals surface area (Å²) >= 11 is 3.11. The van der Waals surface area contributed by atoms with Crippen LogP contribution in [0.2, 0.25) is 0 Å². The maximum absolute atomic E-state index is 11.3. The molecule has 86 valence electrons. The number of halogens is 1. The molecule has 0 aromatic heterocycles. The Balaban J connectivity index is 2.95. The van der Waals surface area contributed by atoms with E-state index >= 15 is 0 Å². The molecule has 5 nitrogen and oxygen atoms in total. The Bertz CT molecular complexity index is 432. The van der Waals surface area contributed by atoms with Gasteiger partial charge in [-0.3, -0.25) is 4.79 Å². The Morgan fingerprint density at radius 1 is 1.50 bits per heavy atom. The van der Waals surface area contributed by atoms with Crippen LogP contribution in [0.15, 0.2) is 22.7 Å². The van der Waals surface area contributed by atoms with Gasteiger partial charge in [-0.1, -0.05) is 0 Å². The summed E-state index contributed by atoms with van der Waals surface area (Å²) in [7, 11) is 0. The molecule has 6 heteroatoms. The molecule has 0 bridgehead atoms. The minimum absolute atomic E-state index is 0.0856. The molecule has 4 N–H and O–H groups in total. The molecule has 0 radical (unpaired) electrons. The number of nitrogens with one attached hydrogen (secondary N) is 1. The molecule has 1 aromatic carbocycles. The van der Waals surface area contributed by atoms with Gasteiger partial charge in [0.2, 0.25) is 5.91 Å². The van der Waals surface area contributed by atoms with Crippen LogP contribution >= 0.6 is 15.9 Å². The smallest absolute Gasteiger partial charge is 0.336 e. The van der Waals surface area contributed by atoms with Crippen molar-refractivity contribution in [2.45, 2.75) is 13.0 Å². The van der Waals surface area contributed by atoms with Crippen molar-refractivity contribution < 1.29 is 14.7 Å². The topological polar surface area (TPSA) is 92.4 Å². The number of benzene rings is 1. The highest BCUT2D eigenvalue weighted by molar-refractivity contribution is 9.10. The number of hydrogen-bond acceptors (Lipinski definition) is 3. The van der Waals surface area contributed by atoms with Crippen molar-refractivity contribution >= 4 is 33.5 Å². The summed E-state index contributed by atoms with van der Waals surface area (Å²) in [6.07, 6.45) is 0. The Hall–Kier alpha value is -1.40. The fourth-order valence-electron chi connectivity index (χ4n) is 1.02. The predicted octanol–water partition coefficient (Wildman–Crippen LogP) is 1.43. The third-order valence-corrected chi connectivity index (χ3v) is 2.57. The highest BCUT2D eigenvalue weighted by Crippen LogP contribution is 2.21. The van der Waals surface area contributed by atoms with Crippen molar-refractivity contribution in [2.24, 2.45) is 5.73 Å². The van der Waals surface area contributed by atoms with Crippen LogP contribution in [-0.4, -0.2) is 23.0 Å². The van der Waals surface area contributed by atoms with Gasteiger partial charge in [0.05, 0.1) is 11.6 Å². The molecule has 0 aliphatic heterocycles. The molecular weight excluding hydrogens is 276 g/mol. The lowest BCUT2D eigenvalue weighted by molar-refractivity contribution is -0.117. The summed E-state index contributed by atoms with van der Waals surface area (Å²) < 4.78 is 0.457. The number of anilines is 1. The van der Waals surface area contributed by atoms with Gasteiger partial charge in [0.15, 0.2) is 0 Å². The molecule has 0 spiro atoms. The van der Waals surface area contributed by atoms with Crippen molar-refractivity contribution in [2.75, 3.05) is 5.32 Å². The number of carboxylic acid groups (broad SMARTS) is 1. The lowest BCUT2D eigenvalue weighted by Crippen LogP contribution is -2.32. The quantitative estimate of drug-likeness (QED) is 0.784. The number of carboxylic acids is 1. The number of nitrogens with two attached hydrogens (primary N) is 1. The normalized spacial score (nSPS) is 11.9. The molecule has 0 aliphatic rings. The van der Waals surface area contributed by atoms with Crippen LogP contribution < -0.4 is 11.1 Å². The van der Waals surface area contributed by atoms with Gasteiger partial charge in [0, 0.05) is 10.2 Å². The largest absolute Gasteiger partial charge is 0.478 e. The summed E-state index contributed by atoms with van der Waals surface area (Å²) in [5.74, 6) is -1.43. The van der Waals surface area contributed by atoms with Crippen molar-refractivity contribution in [1.29, 1.82) is 0 Å². The van der Waals surface area contributed by atoms with Crippen LogP contribution in [0.1, 0.15) is 17.3 Å². The molecule has 0 aliphatic carbocycles. The van der Waals surface area contributed by atoms with Crippen LogP contribution in [0.3, 0.4) is 0 Å². The first kappa shape index (κ1) is 12.7. The first-order chi connectivity index (χ1) is 7.41. The van der Waals surface area contributed by atoms with E-state index in [0.29, 0.717) is 10.2 Å². The zero-order valence-electron chi connectivity index (χ0n) is 8.53. The lowest BCUT2D eigenvalue weighted by atomic mass is 10.2. The van der Waals surface area contributed by atoms with Crippen molar-refractivity contribution in [1.82, 2.24) is 0 Å². The van der Waals surface area contributed by atoms with E-state index < -0.39 is 12.0 Å². The number of amides is 1. The molecule has 0 fully saturated rings. The van der Waals surface area contributed by atoms with Gasteiger partial charge in [-0.2, -0.15) is 0 Å². The summed E-state index contributed by atoms with van der Waals surface area (Å²) in [6, 6.07) is 3.88. The number of carbonyl (C=O) groups is 2. The minimum atomic E-state index is -1.07. The summed E-state index contributed by atoms with van der Waals surface area (Å²) in [6.45, 7) is 1.55. The Morgan fingerprint density at radius 2 is 2.12 bits per heavy atom. The second-order valence-corrected chi connectivity index (χ2v) is 4.13. The fourth-order valence-corrected chi connectivity index (χ4v) is 1.44. The number of carbonyl (C=O) groups excluding carboxylic acids is 1. The highest BCUT2D eigenvalue weighted by atomic mass is 79.9. The van der Waals surface area contributed by atoms with Crippen LogP contribution in [0.5, 0.6) is 0 Å². The van der Waals surface area contributed by atoms with Crippen molar-refractivity contribution in [3.63, 3.8) is 0 Å². The van der Waals surface area contributed by atoms with E-state index in [4.69, 9.17) is 10.8 Å². The third-order valence-electron chi connectivity index (χ3n) is 1.88. The Morgan fingerprint density at radius 3 is 2.62 bits per heavy atom. The molecular formula is C10H11BrN2O3. The zero-order chi connectivity index (χ0) is 12.3. The van der Waals surface area contributed by atoms with E-state index in [1.165, 1.54) is 6.07 Å². The monoisotopic (exact) mass is 286 g/mol. The molecule has 1 rings (SSSR count). The van der Waals surface area contributed by atoms with Gasteiger partial charge in [0.1, 0.15) is 0 Å². The van der Waals surface area contributed by atoms with Crippen LogP contribution in [0, 0.1) is 0 Å². The van der Waals surface area contributed by atoms with E-state index in [1.54, 1.807) is 19.1 Å². The molecule has 16 heavy (non-hydrogen) atoms. The zero-order valence-corrected chi connectivity index (χ0v) is 10.1. The van der Waals surface area contributed by atoms with Gasteiger partial charge in [0.25, 0.3) is 0 Å². The van der Waals surface area contributed by atoms with Gasteiger partial charge in [-0.15, -0.1) is 0 Å². The first-order valence-corrected chi connectivity index (χ1v) is 5.30. The molecule has 1 unspecified atom stereocenters. The van der Waals surface area contributed by atoms with Gasteiger partial charge in [-0.05, 0) is 41.1 Å². The highest BCUT2D eigenvalue weighted by Gasteiger charge is 2.12. The molecule has 0 heterocycles. The second kappa shape index (κ2) is 5.09. The Kier molecular flexibility index (Phi) is 4.03. The molecule has 0 saturated carbocycles. The van der Waals surface area contributed by atoms with Crippen LogP contribution in [0.25, 0.3) is 0 Å². The van der Waals surface area contributed by atoms with Crippen molar-refractivity contribution in [3.8, 4) is 0 Å². The van der Waals surface area contributed by atoms with Crippen molar-refractivity contribution in [3.05, 3.63) is 28.2 Å². The number of rotatable bonds is 3. The van der Waals surface area contributed by atoms with Gasteiger partial charge in [-0.25, -0.2) is 4.79 Å². The van der Waals surface area contributed by atoms with E-state index in [9.17, 15) is 9.59 Å². The fraction of sp³-hybridized carbons (Fsp3) is 0.200. The predicted molar refractivity (Wildman–Crippen MR) is 63.4 cm³/mol. The standard InChI is InChI=1S/C10H11BrN2O3/c1-5(12)9(14)13-6-2-3-8(11)7(4-6)10(15)16/h2-5H,12H2,1H3,(H,13,14)(H,15,16). The van der Waals surface area contributed by atoms with E-state index in [-0.39, 0.29) is 11.5 Å². The van der Waals surface area contributed by atoms with Crippen LogP contribution in [-0.2, 0) is 4.79 Å². The third kappa shape index (κ3) is 3.04. The maximum Gasteiger partial charge on any atom is 0.336 e. The average molecular weight is 287 g/mol. The van der Waals surface area contributed by atoms with E-state index in [1.807, 2.05) is 0 Å². The summed E-state index contributed by atoms with van der Waals surface area (Å²) in [5.41, 5.74) is 5.86. The van der Waals surface area contributed by atoms with Crippen LogP contribution in [0.4, 0.5) is 5.69 Å². The van der Waals surface area contributed by atoms with Gasteiger partial charge < -0.3 is 16.2 Å². The maximum atomic E-state index is 11.3. The van der Waals surface area contributed by atoms with E-state index in [2.05, 4.69) is 21.2 Å². The second-order valence-electron chi connectivity index (χ2n) is 3.28.